The van der Waals surface area contributed by atoms with Crippen molar-refractivity contribution in [1.82, 2.24) is 4.90 Å². The van der Waals surface area contributed by atoms with Crippen LogP contribution in [0.3, 0.4) is 0 Å². The summed E-state index contributed by atoms with van der Waals surface area (Å²) in [7, 11) is 0. The average Bonchev–Trinajstić information content (AvgIpc) is 2.48. The van der Waals surface area contributed by atoms with Crippen molar-refractivity contribution in [1.29, 1.82) is 0 Å². The van der Waals surface area contributed by atoms with Crippen LogP contribution < -0.4 is 0 Å². The Morgan fingerprint density at radius 1 is 1.30 bits per heavy atom. The number of carbonyl (C=O) groups excluding carboxylic acids is 1. The fourth-order valence-electron chi connectivity index (χ4n) is 2.61. The maximum Gasteiger partial charge on any atom is 0.223 e. The monoisotopic (exact) mass is 283 g/mol. The molecule has 1 aliphatic heterocycles. The molecule has 1 aromatic rings. The van der Waals surface area contributed by atoms with Gasteiger partial charge in [-0.15, -0.1) is 0 Å². The van der Waals surface area contributed by atoms with E-state index in [0.717, 1.165) is 31.4 Å². The van der Waals surface area contributed by atoms with Crippen molar-refractivity contribution in [3.8, 4) is 0 Å². The molecule has 110 valence electrons. The summed E-state index contributed by atoms with van der Waals surface area (Å²) in [4.78, 5) is 13.9. The van der Waals surface area contributed by atoms with Gasteiger partial charge in [0.1, 0.15) is 0 Å². The van der Waals surface area contributed by atoms with Crippen LogP contribution >= 0.6 is 0 Å². The smallest absolute Gasteiger partial charge is 0.223 e. The average molecular weight is 283 g/mol. The Labute approximate surface area is 117 Å². The van der Waals surface area contributed by atoms with E-state index in [2.05, 4.69) is 0 Å². The van der Waals surface area contributed by atoms with E-state index < -0.39 is 11.6 Å². The highest BCUT2D eigenvalue weighted by Gasteiger charge is 2.25. The first kappa shape index (κ1) is 14.9. The van der Waals surface area contributed by atoms with Crippen LogP contribution in [0.2, 0.25) is 0 Å². The molecule has 5 heteroatoms. The summed E-state index contributed by atoms with van der Waals surface area (Å²) in [6.45, 7) is 0.652. The summed E-state index contributed by atoms with van der Waals surface area (Å²) >= 11 is 0. The van der Waals surface area contributed by atoms with Gasteiger partial charge in [0.25, 0.3) is 0 Å². The number of carbonyl (C=O) groups is 1. The minimum Gasteiger partial charge on any atom is -0.394 e. The highest BCUT2D eigenvalue weighted by molar-refractivity contribution is 5.77. The van der Waals surface area contributed by atoms with Gasteiger partial charge in [-0.2, -0.15) is 0 Å². The summed E-state index contributed by atoms with van der Waals surface area (Å²) < 4.78 is 25.9. The molecule has 1 fully saturated rings. The first-order valence-corrected chi connectivity index (χ1v) is 6.96. The van der Waals surface area contributed by atoms with Crippen molar-refractivity contribution >= 4 is 5.91 Å². The molecule has 0 spiro atoms. The van der Waals surface area contributed by atoms with Gasteiger partial charge < -0.3 is 10.0 Å². The Bertz CT molecular complexity index is 479. The molecule has 0 saturated carbocycles. The molecule has 0 radical (unpaired) electrons. The Balaban J connectivity index is 1.92. The van der Waals surface area contributed by atoms with E-state index >= 15 is 0 Å². The highest BCUT2D eigenvalue weighted by Crippen LogP contribution is 2.18. The largest absolute Gasteiger partial charge is 0.394 e. The van der Waals surface area contributed by atoms with Crippen LogP contribution in [-0.2, 0) is 11.2 Å². The molecule has 1 aliphatic rings. The van der Waals surface area contributed by atoms with Crippen LogP contribution in [0.25, 0.3) is 0 Å². The SMILES string of the molecule is O=C(CCc1ccc(F)c(F)c1)N1CCCCC1CO. The lowest BCUT2D eigenvalue weighted by atomic mass is 10.0. The molecule has 1 atom stereocenters. The summed E-state index contributed by atoms with van der Waals surface area (Å²) in [5.74, 6) is -1.80. The third-order valence-corrected chi connectivity index (χ3v) is 3.77. The fourth-order valence-corrected chi connectivity index (χ4v) is 2.61. The van der Waals surface area contributed by atoms with E-state index in [9.17, 15) is 18.7 Å². The van der Waals surface area contributed by atoms with Crippen LogP contribution in [-0.4, -0.2) is 35.1 Å². The van der Waals surface area contributed by atoms with Crippen molar-refractivity contribution in [2.75, 3.05) is 13.2 Å². The minimum absolute atomic E-state index is 0.0169. The number of rotatable bonds is 4. The topological polar surface area (TPSA) is 40.5 Å². The lowest BCUT2D eigenvalue weighted by molar-refractivity contribution is -0.135. The summed E-state index contributed by atoms with van der Waals surface area (Å²) in [5, 5.41) is 9.28. The Kier molecular flexibility index (Phi) is 5.06. The molecule has 0 aliphatic carbocycles. The van der Waals surface area contributed by atoms with Crippen molar-refractivity contribution in [3.05, 3.63) is 35.4 Å². The first-order valence-electron chi connectivity index (χ1n) is 6.96. The molecule has 2 rings (SSSR count). The standard InChI is InChI=1S/C15H19F2NO2/c16-13-6-4-11(9-14(13)17)5-7-15(20)18-8-2-1-3-12(18)10-19/h4,6,9,12,19H,1-3,5,7-8,10H2. The lowest BCUT2D eigenvalue weighted by Gasteiger charge is -2.34. The van der Waals surface area contributed by atoms with Gasteiger partial charge in [0.05, 0.1) is 12.6 Å². The Hall–Kier alpha value is -1.49. The van der Waals surface area contributed by atoms with Gasteiger partial charge in [-0.05, 0) is 43.4 Å². The molecular formula is C15H19F2NO2. The predicted molar refractivity (Wildman–Crippen MR) is 71.1 cm³/mol. The van der Waals surface area contributed by atoms with Gasteiger partial charge >= 0.3 is 0 Å². The van der Waals surface area contributed by atoms with Crippen molar-refractivity contribution in [2.45, 2.75) is 38.1 Å². The number of piperidine rings is 1. The van der Waals surface area contributed by atoms with Crippen LogP contribution in [0.15, 0.2) is 18.2 Å². The Morgan fingerprint density at radius 3 is 2.80 bits per heavy atom. The number of benzene rings is 1. The van der Waals surface area contributed by atoms with Gasteiger partial charge in [-0.3, -0.25) is 4.79 Å². The lowest BCUT2D eigenvalue weighted by Crippen LogP contribution is -2.45. The third-order valence-electron chi connectivity index (χ3n) is 3.77. The number of hydrogen-bond acceptors (Lipinski definition) is 2. The summed E-state index contributed by atoms with van der Waals surface area (Å²) in [6.07, 6.45) is 3.44. The number of aryl methyl sites for hydroxylation is 1. The molecule has 0 bridgehead atoms. The second kappa shape index (κ2) is 6.79. The van der Waals surface area contributed by atoms with E-state index in [1.54, 1.807) is 4.90 Å². The van der Waals surface area contributed by atoms with Crippen molar-refractivity contribution in [3.63, 3.8) is 0 Å². The normalized spacial score (nSPS) is 19.1. The molecule has 1 aromatic carbocycles. The van der Waals surface area contributed by atoms with Crippen LogP contribution in [0, 0.1) is 11.6 Å². The number of nitrogens with zero attached hydrogens (tertiary/aromatic N) is 1. The van der Waals surface area contributed by atoms with Crippen LogP contribution in [0.1, 0.15) is 31.2 Å². The number of aliphatic hydroxyl groups is 1. The van der Waals surface area contributed by atoms with Gasteiger partial charge in [-0.25, -0.2) is 8.78 Å². The number of halogens is 2. The van der Waals surface area contributed by atoms with Gasteiger partial charge in [0, 0.05) is 13.0 Å². The zero-order valence-corrected chi connectivity index (χ0v) is 11.3. The molecule has 1 amide bonds. The van der Waals surface area contributed by atoms with Crippen molar-refractivity contribution in [2.24, 2.45) is 0 Å². The molecule has 1 saturated heterocycles. The maximum absolute atomic E-state index is 13.1. The van der Waals surface area contributed by atoms with Crippen LogP contribution in [0.5, 0.6) is 0 Å². The molecule has 1 unspecified atom stereocenters. The Morgan fingerprint density at radius 2 is 2.10 bits per heavy atom. The first-order chi connectivity index (χ1) is 9.61. The second-order valence-corrected chi connectivity index (χ2v) is 5.17. The van der Waals surface area contributed by atoms with Crippen molar-refractivity contribution < 1.29 is 18.7 Å². The number of amides is 1. The second-order valence-electron chi connectivity index (χ2n) is 5.17. The third kappa shape index (κ3) is 3.54. The van der Waals surface area contributed by atoms with E-state index in [-0.39, 0.29) is 25.0 Å². The molecule has 1 N–H and O–H groups in total. The van der Waals surface area contributed by atoms with Gasteiger partial charge in [0.15, 0.2) is 11.6 Å². The molecule has 20 heavy (non-hydrogen) atoms. The molecule has 1 heterocycles. The summed E-state index contributed by atoms with van der Waals surface area (Å²) in [6, 6.07) is 3.60. The van der Waals surface area contributed by atoms with Crippen LogP contribution in [0.4, 0.5) is 8.78 Å². The zero-order valence-electron chi connectivity index (χ0n) is 11.3. The molecular weight excluding hydrogens is 264 g/mol. The zero-order chi connectivity index (χ0) is 14.5. The predicted octanol–water partition coefficient (Wildman–Crippen LogP) is 2.27. The number of hydrogen-bond donors (Lipinski definition) is 1. The summed E-state index contributed by atoms with van der Waals surface area (Å²) in [5.41, 5.74) is 0.606. The van der Waals surface area contributed by atoms with E-state index in [0.29, 0.717) is 18.5 Å². The van der Waals surface area contributed by atoms with Gasteiger partial charge in [-0.1, -0.05) is 6.07 Å². The fraction of sp³-hybridized carbons (Fsp3) is 0.533. The number of likely N-dealkylation sites (tertiary alicyclic amines) is 1. The molecule has 3 nitrogen and oxygen atoms in total. The maximum atomic E-state index is 13.1. The highest BCUT2D eigenvalue weighted by atomic mass is 19.2. The van der Waals surface area contributed by atoms with E-state index in [1.807, 2.05) is 0 Å². The van der Waals surface area contributed by atoms with E-state index in [4.69, 9.17) is 0 Å². The molecule has 0 aromatic heterocycles. The van der Waals surface area contributed by atoms with Gasteiger partial charge in [0.2, 0.25) is 5.91 Å². The minimum atomic E-state index is -0.888. The quantitative estimate of drug-likeness (QED) is 0.921. The number of aliphatic hydroxyl groups excluding tert-OH is 1. The van der Waals surface area contributed by atoms with E-state index in [1.165, 1.54) is 6.07 Å².